The minimum absolute atomic E-state index is 0.301. The lowest BCUT2D eigenvalue weighted by atomic mass is 9.78. The maximum absolute atomic E-state index is 5.71. The van der Waals surface area contributed by atoms with Crippen LogP contribution in [0.4, 0.5) is 5.95 Å². The smallest absolute Gasteiger partial charge is 0.219 e. The molecule has 1 atom stereocenters. The molecule has 1 aromatic heterocycles. The molecule has 1 aliphatic carbocycles. The molecule has 0 amide bonds. The van der Waals surface area contributed by atoms with E-state index >= 15 is 0 Å². The predicted octanol–water partition coefficient (Wildman–Crippen LogP) is 3.78. The molecule has 1 unspecified atom stereocenters. The first kappa shape index (κ1) is 15.4. The van der Waals surface area contributed by atoms with Gasteiger partial charge >= 0.3 is 0 Å². The molecule has 0 aromatic carbocycles. The Morgan fingerprint density at radius 3 is 2.71 bits per heavy atom. The highest BCUT2D eigenvalue weighted by Crippen LogP contribution is 2.55. The van der Waals surface area contributed by atoms with E-state index in [2.05, 4.69) is 41.7 Å². The number of fused-ring (bicyclic) bond motifs is 3. The van der Waals surface area contributed by atoms with E-state index in [1.165, 1.54) is 11.3 Å². The van der Waals surface area contributed by atoms with Crippen molar-refractivity contribution in [3.8, 4) is 0 Å². The van der Waals surface area contributed by atoms with Gasteiger partial charge in [0.25, 0.3) is 0 Å². The fourth-order valence-electron chi connectivity index (χ4n) is 4.24. The SMILES string of the molecule is COC1=CC=CC23CC(C)=C(OC)C(C)=C2n2c(SC)cnc2N13. The second-order valence-electron chi connectivity index (χ2n) is 6.23. The van der Waals surface area contributed by atoms with Crippen molar-refractivity contribution in [3.63, 3.8) is 0 Å². The van der Waals surface area contributed by atoms with Crippen molar-refractivity contribution in [2.45, 2.75) is 30.8 Å². The average Bonchev–Trinajstić information content (AvgIpc) is 3.09. The molecule has 0 N–H and O–H groups in total. The maximum Gasteiger partial charge on any atom is 0.219 e. The number of rotatable bonds is 3. The Labute approximate surface area is 146 Å². The largest absolute Gasteiger partial charge is 0.496 e. The second kappa shape index (κ2) is 5.21. The van der Waals surface area contributed by atoms with Gasteiger partial charge in [0, 0.05) is 12.0 Å². The normalized spacial score (nSPS) is 24.7. The highest BCUT2D eigenvalue weighted by molar-refractivity contribution is 7.98. The van der Waals surface area contributed by atoms with E-state index in [0.29, 0.717) is 0 Å². The van der Waals surface area contributed by atoms with E-state index < -0.39 is 0 Å². The minimum atomic E-state index is -0.301. The lowest BCUT2D eigenvalue weighted by Gasteiger charge is -2.42. The highest BCUT2D eigenvalue weighted by atomic mass is 32.2. The van der Waals surface area contributed by atoms with Gasteiger partial charge in [-0.25, -0.2) is 4.98 Å². The van der Waals surface area contributed by atoms with Crippen LogP contribution in [0.25, 0.3) is 5.70 Å². The molecule has 0 bridgehead atoms. The number of anilines is 1. The summed E-state index contributed by atoms with van der Waals surface area (Å²) in [6, 6.07) is 0. The summed E-state index contributed by atoms with van der Waals surface area (Å²) in [6.45, 7) is 4.27. The Kier molecular flexibility index (Phi) is 3.35. The Bertz CT molecular complexity index is 846. The highest BCUT2D eigenvalue weighted by Gasteiger charge is 2.54. The molecule has 2 aliphatic heterocycles. The van der Waals surface area contributed by atoms with Gasteiger partial charge in [0.05, 0.1) is 26.1 Å². The van der Waals surface area contributed by atoms with Crippen molar-refractivity contribution in [2.24, 2.45) is 0 Å². The van der Waals surface area contributed by atoms with E-state index in [-0.39, 0.29) is 5.54 Å². The van der Waals surface area contributed by atoms with Crippen LogP contribution in [0.1, 0.15) is 20.3 Å². The topological polar surface area (TPSA) is 39.5 Å². The zero-order valence-corrected chi connectivity index (χ0v) is 15.4. The summed E-state index contributed by atoms with van der Waals surface area (Å²) in [6.07, 6.45) is 11.2. The fraction of sp³-hybridized carbons (Fsp3) is 0.389. The average molecular weight is 343 g/mol. The third kappa shape index (κ3) is 1.69. The van der Waals surface area contributed by atoms with Gasteiger partial charge in [0.1, 0.15) is 16.3 Å². The van der Waals surface area contributed by atoms with Gasteiger partial charge in [-0.1, -0.05) is 12.2 Å². The van der Waals surface area contributed by atoms with Crippen molar-refractivity contribution in [2.75, 3.05) is 25.4 Å². The van der Waals surface area contributed by atoms with Crippen LogP contribution in [0.2, 0.25) is 0 Å². The first-order valence-electron chi connectivity index (χ1n) is 7.90. The van der Waals surface area contributed by atoms with Crippen LogP contribution in [0, 0.1) is 0 Å². The van der Waals surface area contributed by atoms with E-state index in [1.807, 2.05) is 12.3 Å². The zero-order valence-electron chi connectivity index (χ0n) is 14.6. The molecule has 4 rings (SSSR count). The van der Waals surface area contributed by atoms with Crippen LogP contribution >= 0.6 is 11.8 Å². The quantitative estimate of drug-likeness (QED) is 0.781. The standard InChI is InChI=1S/C18H21N3O2S/c1-11-9-18-8-6-7-13(22-3)21(18)17-19-10-14(24-5)20(17)16(18)12(2)15(11)23-4/h6-8,10H,9H2,1-5H3. The summed E-state index contributed by atoms with van der Waals surface area (Å²) in [4.78, 5) is 6.91. The number of imidazole rings is 1. The molecule has 3 heterocycles. The summed E-state index contributed by atoms with van der Waals surface area (Å²) >= 11 is 1.70. The third-order valence-corrected chi connectivity index (χ3v) is 5.72. The fourth-order valence-corrected chi connectivity index (χ4v) is 4.76. The first-order chi connectivity index (χ1) is 11.6. The van der Waals surface area contributed by atoms with Gasteiger partial charge in [-0.15, -0.1) is 11.8 Å². The van der Waals surface area contributed by atoms with E-state index in [9.17, 15) is 0 Å². The maximum atomic E-state index is 5.71. The van der Waals surface area contributed by atoms with Crippen LogP contribution in [0.15, 0.2) is 52.2 Å². The second-order valence-corrected chi connectivity index (χ2v) is 7.05. The number of allylic oxidation sites excluding steroid dienone is 3. The molecule has 6 heteroatoms. The van der Waals surface area contributed by atoms with E-state index in [4.69, 9.17) is 14.5 Å². The van der Waals surface area contributed by atoms with E-state index in [0.717, 1.165) is 34.6 Å². The Morgan fingerprint density at radius 2 is 2.04 bits per heavy atom. The van der Waals surface area contributed by atoms with Gasteiger partial charge in [0.15, 0.2) is 5.88 Å². The predicted molar refractivity (Wildman–Crippen MR) is 96.7 cm³/mol. The van der Waals surface area contributed by atoms with Crippen molar-refractivity contribution >= 4 is 23.4 Å². The number of ether oxygens (including phenoxy) is 2. The lowest BCUT2D eigenvalue weighted by molar-refractivity contribution is 0.262. The van der Waals surface area contributed by atoms with Crippen molar-refractivity contribution in [3.05, 3.63) is 47.2 Å². The number of nitrogens with zero attached hydrogens (tertiary/aromatic N) is 3. The third-order valence-electron chi connectivity index (χ3n) is 5.02. The summed E-state index contributed by atoms with van der Waals surface area (Å²) in [5.74, 6) is 2.69. The summed E-state index contributed by atoms with van der Waals surface area (Å²) in [5, 5.41) is 1.12. The van der Waals surface area contributed by atoms with Crippen molar-refractivity contribution < 1.29 is 9.47 Å². The molecule has 1 spiro atoms. The van der Waals surface area contributed by atoms with Crippen molar-refractivity contribution in [1.29, 1.82) is 0 Å². The summed E-state index contributed by atoms with van der Waals surface area (Å²) in [7, 11) is 3.46. The van der Waals surface area contributed by atoms with Crippen LogP contribution < -0.4 is 4.90 Å². The van der Waals surface area contributed by atoms with Gasteiger partial charge in [-0.2, -0.15) is 0 Å². The van der Waals surface area contributed by atoms with Crippen LogP contribution in [-0.4, -0.2) is 35.6 Å². The molecule has 126 valence electrons. The Morgan fingerprint density at radius 1 is 1.25 bits per heavy atom. The minimum Gasteiger partial charge on any atom is -0.496 e. The zero-order chi connectivity index (χ0) is 17.1. The molecule has 1 aromatic rings. The van der Waals surface area contributed by atoms with E-state index in [1.54, 1.807) is 26.0 Å². The Balaban J connectivity index is 2.06. The van der Waals surface area contributed by atoms with Crippen LogP contribution in [0.5, 0.6) is 0 Å². The number of aromatic nitrogens is 2. The van der Waals surface area contributed by atoms with Crippen molar-refractivity contribution in [1.82, 2.24) is 9.55 Å². The molecular formula is C18H21N3O2S. The van der Waals surface area contributed by atoms with Gasteiger partial charge in [-0.05, 0) is 31.8 Å². The van der Waals surface area contributed by atoms with Crippen LogP contribution in [0.3, 0.4) is 0 Å². The van der Waals surface area contributed by atoms with Gasteiger partial charge in [-0.3, -0.25) is 9.47 Å². The molecule has 3 aliphatic rings. The first-order valence-corrected chi connectivity index (χ1v) is 9.13. The molecule has 5 nitrogen and oxygen atoms in total. The molecule has 0 saturated carbocycles. The summed E-state index contributed by atoms with van der Waals surface area (Å²) in [5.41, 5.74) is 3.30. The van der Waals surface area contributed by atoms with Crippen LogP contribution in [-0.2, 0) is 9.47 Å². The Hall–Kier alpha value is -2.08. The molecular weight excluding hydrogens is 322 g/mol. The number of hydrogen-bond acceptors (Lipinski definition) is 5. The lowest BCUT2D eigenvalue weighted by Crippen LogP contribution is -2.48. The number of hydrogen-bond donors (Lipinski definition) is 0. The molecule has 0 fully saturated rings. The number of methoxy groups -OCH3 is 2. The summed E-state index contributed by atoms with van der Waals surface area (Å²) < 4.78 is 13.6. The monoisotopic (exact) mass is 343 g/mol. The molecule has 24 heavy (non-hydrogen) atoms. The van der Waals surface area contributed by atoms with Gasteiger partial charge in [0.2, 0.25) is 5.95 Å². The molecule has 0 radical (unpaired) electrons. The van der Waals surface area contributed by atoms with Gasteiger partial charge < -0.3 is 9.47 Å². The molecule has 0 saturated heterocycles. The number of thioether (sulfide) groups is 1.